The van der Waals surface area contributed by atoms with Gasteiger partial charge in [0.25, 0.3) is 0 Å². The van der Waals surface area contributed by atoms with Crippen molar-refractivity contribution in [1.29, 1.82) is 0 Å². The van der Waals surface area contributed by atoms with Gasteiger partial charge in [0.2, 0.25) is 5.91 Å². The van der Waals surface area contributed by atoms with Gasteiger partial charge in [-0.1, -0.05) is 6.07 Å². The van der Waals surface area contributed by atoms with Gasteiger partial charge in [-0.2, -0.15) is 5.10 Å². The molecule has 0 bridgehead atoms. The number of imidazole rings is 1. The topological polar surface area (TPSA) is 113 Å². The number of pyridine rings is 1. The maximum atomic E-state index is 15.3. The predicted octanol–water partition coefficient (Wildman–Crippen LogP) is 4.12. The molecule has 5 aromatic rings. The smallest absolute Gasteiger partial charge is 0.230 e. The average Bonchev–Trinajstić information content (AvgIpc) is 3.43. The molecule has 0 aliphatic carbocycles. The number of benzene rings is 1. The van der Waals surface area contributed by atoms with Gasteiger partial charge in [0, 0.05) is 35.6 Å². The molecule has 172 valence electrons. The van der Waals surface area contributed by atoms with Gasteiger partial charge in [-0.15, -0.1) is 0 Å². The molecular formula is C24H23FN8O. The molecule has 0 spiro atoms. The Labute approximate surface area is 194 Å². The van der Waals surface area contributed by atoms with Crippen LogP contribution < -0.4 is 10.6 Å². The third-order valence-corrected chi connectivity index (χ3v) is 5.47. The lowest BCUT2D eigenvalue weighted by molar-refractivity contribution is -0.115. The number of carbonyl (C=O) groups is 1. The number of aromatic amines is 1. The van der Waals surface area contributed by atoms with Crippen molar-refractivity contribution in [3.8, 4) is 11.3 Å². The standard InChI is InChI=1S/C24H23FN8O/c1-13(2)29-24-22(25)14(3)21(16-9-28-32-23(16)24)17-11-33-12-18(30-19(33)10-27-17)31-20(34)7-15-5-4-6-26-8-15/h4-6,8-13,29H,7H2,1-3H3,(H,28,32)(H,31,34). The van der Waals surface area contributed by atoms with Crippen molar-refractivity contribution in [2.45, 2.75) is 33.2 Å². The Morgan fingerprint density at radius 3 is 2.85 bits per heavy atom. The first-order chi connectivity index (χ1) is 16.4. The zero-order valence-electron chi connectivity index (χ0n) is 18.9. The number of fused-ring (bicyclic) bond motifs is 2. The number of amides is 1. The van der Waals surface area contributed by atoms with Crippen molar-refractivity contribution in [2.75, 3.05) is 10.6 Å². The molecule has 3 N–H and O–H groups in total. The van der Waals surface area contributed by atoms with Crippen molar-refractivity contribution >= 4 is 34.0 Å². The highest BCUT2D eigenvalue weighted by Crippen LogP contribution is 2.37. The number of halogens is 1. The van der Waals surface area contributed by atoms with Gasteiger partial charge in [-0.3, -0.25) is 19.9 Å². The second kappa shape index (κ2) is 8.54. The van der Waals surface area contributed by atoms with Crippen molar-refractivity contribution in [1.82, 2.24) is 29.5 Å². The number of H-pyrrole nitrogens is 1. The number of nitrogens with one attached hydrogen (secondary N) is 3. The number of aromatic nitrogens is 6. The van der Waals surface area contributed by atoms with Crippen molar-refractivity contribution in [2.24, 2.45) is 0 Å². The average molecular weight is 459 g/mol. The summed E-state index contributed by atoms with van der Waals surface area (Å²) in [5, 5.41) is 13.8. The maximum absolute atomic E-state index is 15.3. The van der Waals surface area contributed by atoms with E-state index in [9.17, 15) is 4.79 Å². The molecule has 5 rings (SSSR count). The number of hydrogen-bond donors (Lipinski definition) is 3. The molecule has 0 saturated carbocycles. The minimum atomic E-state index is -0.351. The molecular weight excluding hydrogens is 435 g/mol. The Bertz CT molecular complexity index is 1510. The lowest BCUT2D eigenvalue weighted by atomic mass is 9.99. The summed E-state index contributed by atoms with van der Waals surface area (Å²) in [5.41, 5.74) is 4.03. The molecule has 10 heteroatoms. The van der Waals surface area contributed by atoms with Crippen LogP contribution in [0, 0.1) is 12.7 Å². The van der Waals surface area contributed by atoms with E-state index in [-0.39, 0.29) is 24.2 Å². The Kier molecular flexibility index (Phi) is 5.40. The van der Waals surface area contributed by atoms with E-state index in [1.165, 1.54) is 0 Å². The van der Waals surface area contributed by atoms with Gasteiger partial charge in [0.1, 0.15) is 0 Å². The van der Waals surface area contributed by atoms with Crippen molar-refractivity contribution in [3.05, 3.63) is 66.3 Å². The Balaban J connectivity index is 1.49. The van der Waals surface area contributed by atoms with Crippen LogP contribution >= 0.6 is 0 Å². The van der Waals surface area contributed by atoms with Gasteiger partial charge < -0.3 is 15.0 Å². The summed E-state index contributed by atoms with van der Waals surface area (Å²) in [6.45, 7) is 5.63. The van der Waals surface area contributed by atoms with Crippen LogP contribution in [0.4, 0.5) is 15.9 Å². The maximum Gasteiger partial charge on any atom is 0.230 e. The molecule has 0 saturated heterocycles. The van der Waals surface area contributed by atoms with Crippen LogP contribution in [0.25, 0.3) is 27.8 Å². The second-order valence-electron chi connectivity index (χ2n) is 8.40. The summed E-state index contributed by atoms with van der Waals surface area (Å²) < 4.78 is 17.1. The van der Waals surface area contributed by atoms with Gasteiger partial charge in [-0.25, -0.2) is 9.37 Å². The van der Waals surface area contributed by atoms with E-state index in [2.05, 4.69) is 35.8 Å². The van der Waals surface area contributed by atoms with Crippen LogP contribution in [0.2, 0.25) is 0 Å². The highest BCUT2D eigenvalue weighted by atomic mass is 19.1. The van der Waals surface area contributed by atoms with Crippen LogP contribution in [-0.2, 0) is 11.2 Å². The van der Waals surface area contributed by atoms with Crippen molar-refractivity contribution in [3.63, 3.8) is 0 Å². The molecule has 0 fully saturated rings. The normalized spacial score (nSPS) is 11.4. The van der Waals surface area contributed by atoms with Crippen LogP contribution in [0.3, 0.4) is 0 Å². The van der Waals surface area contributed by atoms with Gasteiger partial charge in [0.15, 0.2) is 17.3 Å². The highest BCUT2D eigenvalue weighted by Gasteiger charge is 2.21. The summed E-state index contributed by atoms with van der Waals surface area (Å²) >= 11 is 0. The summed E-state index contributed by atoms with van der Waals surface area (Å²) in [4.78, 5) is 25.4. The zero-order chi connectivity index (χ0) is 23.8. The molecule has 34 heavy (non-hydrogen) atoms. The summed E-state index contributed by atoms with van der Waals surface area (Å²) in [5.74, 6) is -0.145. The third-order valence-electron chi connectivity index (χ3n) is 5.47. The molecule has 0 unspecified atom stereocenters. The van der Waals surface area contributed by atoms with E-state index in [4.69, 9.17) is 0 Å². The molecule has 0 aliphatic rings. The molecule has 0 radical (unpaired) electrons. The number of nitrogens with zero attached hydrogens (tertiary/aromatic N) is 5. The van der Waals surface area contributed by atoms with E-state index in [0.29, 0.717) is 39.5 Å². The second-order valence-corrected chi connectivity index (χ2v) is 8.40. The quantitative estimate of drug-likeness (QED) is 0.353. The molecule has 1 amide bonds. The van der Waals surface area contributed by atoms with E-state index in [1.54, 1.807) is 54.6 Å². The largest absolute Gasteiger partial charge is 0.379 e. The lowest BCUT2D eigenvalue weighted by Crippen LogP contribution is -2.14. The third kappa shape index (κ3) is 3.94. The Morgan fingerprint density at radius 2 is 2.09 bits per heavy atom. The van der Waals surface area contributed by atoms with Gasteiger partial charge >= 0.3 is 0 Å². The van der Waals surface area contributed by atoms with Gasteiger partial charge in [0.05, 0.1) is 41.9 Å². The van der Waals surface area contributed by atoms with Crippen LogP contribution in [0.15, 0.2) is 49.3 Å². The zero-order valence-corrected chi connectivity index (χ0v) is 18.9. The monoisotopic (exact) mass is 458 g/mol. The number of rotatable bonds is 6. The summed E-state index contributed by atoms with van der Waals surface area (Å²) in [6.07, 6.45) is 10.2. The van der Waals surface area contributed by atoms with E-state index < -0.39 is 0 Å². The first kappa shape index (κ1) is 21.5. The molecule has 9 nitrogen and oxygen atoms in total. The molecule has 1 aromatic carbocycles. The number of carbonyl (C=O) groups excluding carboxylic acids is 1. The number of hydrogen-bond acceptors (Lipinski definition) is 6. The first-order valence-electron chi connectivity index (χ1n) is 10.9. The van der Waals surface area contributed by atoms with E-state index in [1.807, 2.05) is 19.9 Å². The van der Waals surface area contributed by atoms with Crippen LogP contribution in [0.5, 0.6) is 0 Å². The highest BCUT2D eigenvalue weighted by molar-refractivity contribution is 6.02. The molecule has 4 aromatic heterocycles. The lowest BCUT2D eigenvalue weighted by Gasteiger charge is -2.16. The molecule has 0 atom stereocenters. The SMILES string of the molecule is Cc1c(F)c(NC(C)C)c2[nH]ncc2c1-c1cn2cc(NC(=O)Cc3cccnc3)nc2cn1. The van der Waals surface area contributed by atoms with E-state index >= 15 is 4.39 Å². The summed E-state index contributed by atoms with van der Waals surface area (Å²) in [7, 11) is 0. The van der Waals surface area contributed by atoms with Crippen LogP contribution in [-0.4, -0.2) is 41.5 Å². The molecule has 0 aliphatic heterocycles. The summed E-state index contributed by atoms with van der Waals surface area (Å²) in [6, 6.07) is 3.68. The van der Waals surface area contributed by atoms with E-state index in [0.717, 1.165) is 10.9 Å². The van der Waals surface area contributed by atoms with Crippen molar-refractivity contribution < 1.29 is 9.18 Å². The minimum Gasteiger partial charge on any atom is -0.379 e. The van der Waals surface area contributed by atoms with Crippen LogP contribution in [0.1, 0.15) is 25.0 Å². The Morgan fingerprint density at radius 1 is 1.24 bits per heavy atom. The minimum absolute atomic E-state index is 0.0541. The fraction of sp³-hybridized carbons (Fsp3) is 0.208. The number of anilines is 2. The predicted molar refractivity (Wildman–Crippen MR) is 128 cm³/mol. The van der Waals surface area contributed by atoms with Gasteiger partial charge in [-0.05, 0) is 38.0 Å². The molecule has 4 heterocycles. The fourth-order valence-electron chi connectivity index (χ4n) is 3.99. The first-order valence-corrected chi connectivity index (χ1v) is 10.9. The fourth-order valence-corrected chi connectivity index (χ4v) is 3.99. The Hall–Kier alpha value is -4.34.